The molecular formula is C31H31FN4O3. The number of amides is 1. The number of hydrogen-bond acceptors (Lipinski definition) is 6. The Labute approximate surface area is 227 Å². The zero-order valence-electron chi connectivity index (χ0n) is 22.3. The Morgan fingerprint density at radius 1 is 0.949 bits per heavy atom. The van der Waals surface area contributed by atoms with Gasteiger partial charge in [0.25, 0.3) is 5.91 Å². The maximum absolute atomic E-state index is 15.1. The average molecular weight is 527 g/mol. The molecule has 200 valence electrons. The van der Waals surface area contributed by atoms with E-state index >= 15 is 4.39 Å². The lowest BCUT2D eigenvalue weighted by molar-refractivity contribution is 0.0728. The van der Waals surface area contributed by atoms with Crippen molar-refractivity contribution in [1.82, 2.24) is 14.9 Å². The lowest BCUT2D eigenvalue weighted by Crippen LogP contribution is -2.33. The van der Waals surface area contributed by atoms with E-state index in [1.165, 1.54) is 13.2 Å². The third-order valence-corrected chi connectivity index (χ3v) is 7.32. The molecule has 3 aromatic carbocycles. The molecule has 0 aliphatic heterocycles. The number of nitrogens with one attached hydrogen (secondary N) is 1. The van der Waals surface area contributed by atoms with Gasteiger partial charge < -0.3 is 19.7 Å². The maximum Gasteiger partial charge on any atom is 0.254 e. The summed E-state index contributed by atoms with van der Waals surface area (Å²) in [6.07, 6.45) is 4.10. The van der Waals surface area contributed by atoms with Gasteiger partial charge in [-0.1, -0.05) is 12.1 Å². The zero-order valence-corrected chi connectivity index (χ0v) is 22.3. The highest BCUT2D eigenvalue weighted by Gasteiger charge is 2.34. The Bertz CT molecular complexity index is 1570. The molecule has 8 heteroatoms. The van der Waals surface area contributed by atoms with Crippen molar-refractivity contribution >= 4 is 22.6 Å². The minimum absolute atomic E-state index is 0.0887. The molecule has 2 aliphatic rings. The number of anilines is 1. The minimum Gasteiger partial charge on any atom is -0.493 e. The van der Waals surface area contributed by atoms with Crippen LogP contribution in [0.4, 0.5) is 10.2 Å². The second kappa shape index (κ2) is 10.2. The molecule has 2 fully saturated rings. The number of ether oxygens (including phenoxy) is 2. The number of aromatic nitrogens is 2. The second-order valence-corrected chi connectivity index (χ2v) is 10.3. The highest BCUT2D eigenvalue weighted by atomic mass is 19.1. The standard InChI is InChI=1S/C31H31FN4O3/c1-18-33-27-12-5-20(15-25(27)30(34-18)35-23-7-8-23)19-4-11-26(32)22(14-19)17-36(24-9-10-24)31(37)21-6-13-28(38-2)29(16-21)39-3/h4-6,11-16,23-24H,7-10,17H2,1-3H3,(H,33,34,35). The lowest BCUT2D eigenvalue weighted by Gasteiger charge is -2.24. The molecular weight excluding hydrogens is 495 g/mol. The number of carbonyl (C=O) groups excluding carboxylic acids is 1. The van der Waals surface area contributed by atoms with Gasteiger partial charge in [0, 0.05) is 35.1 Å². The monoisotopic (exact) mass is 526 g/mol. The number of aryl methyl sites for hydroxylation is 1. The molecule has 0 atom stereocenters. The fourth-order valence-corrected chi connectivity index (χ4v) is 4.90. The summed E-state index contributed by atoms with van der Waals surface area (Å²) >= 11 is 0. The highest BCUT2D eigenvalue weighted by molar-refractivity contribution is 5.95. The summed E-state index contributed by atoms with van der Waals surface area (Å²) in [5.41, 5.74) is 3.65. The smallest absolute Gasteiger partial charge is 0.254 e. The van der Waals surface area contributed by atoms with E-state index in [2.05, 4.69) is 21.4 Å². The van der Waals surface area contributed by atoms with Gasteiger partial charge in [-0.25, -0.2) is 14.4 Å². The fraction of sp³-hybridized carbons (Fsp3) is 0.323. The van der Waals surface area contributed by atoms with E-state index in [4.69, 9.17) is 9.47 Å². The molecule has 1 heterocycles. The Morgan fingerprint density at radius 2 is 1.69 bits per heavy atom. The van der Waals surface area contributed by atoms with Crippen LogP contribution in [0.25, 0.3) is 22.0 Å². The van der Waals surface area contributed by atoms with Gasteiger partial charge in [-0.15, -0.1) is 0 Å². The normalized spacial score (nSPS) is 14.8. The maximum atomic E-state index is 15.1. The number of halogens is 1. The molecule has 6 rings (SSSR count). The number of rotatable bonds is 9. The minimum atomic E-state index is -0.333. The van der Waals surface area contributed by atoms with Crippen LogP contribution in [0.15, 0.2) is 54.6 Å². The van der Waals surface area contributed by atoms with Gasteiger partial charge in [-0.2, -0.15) is 0 Å². The van der Waals surface area contributed by atoms with Crippen LogP contribution in [0, 0.1) is 12.7 Å². The van der Waals surface area contributed by atoms with Gasteiger partial charge in [0.05, 0.1) is 19.7 Å². The first-order valence-electron chi connectivity index (χ1n) is 13.3. The summed E-state index contributed by atoms with van der Waals surface area (Å²) in [6, 6.07) is 16.8. The predicted octanol–water partition coefficient (Wildman–Crippen LogP) is 6.14. The van der Waals surface area contributed by atoms with Crippen molar-refractivity contribution in [3.05, 3.63) is 77.4 Å². The van der Waals surface area contributed by atoms with E-state index < -0.39 is 0 Å². The van der Waals surface area contributed by atoms with E-state index in [1.54, 1.807) is 36.3 Å². The van der Waals surface area contributed by atoms with E-state index in [9.17, 15) is 4.79 Å². The fourth-order valence-electron chi connectivity index (χ4n) is 4.90. The highest BCUT2D eigenvalue weighted by Crippen LogP contribution is 2.35. The molecule has 0 radical (unpaired) electrons. The zero-order chi connectivity index (χ0) is 27.1. The van der Waals surface area contributed by atoms with Crippen molar-refractivity contribution in [3.8, 4) is 22.6 Å². The number of fused-ring (bicyclic) bond motifs is 1. The van der Waals surface area contributed by atoms with Crippen molar-refractivity contribution < 1.29 is 18.7 Å². The van der Waals surface area contributed by atoms with E-state index in [1.807, 2.05) is 25.1 Å². The second-order valence-electron chi connectivity index (χ2n) is 10.3. The van der Waals surface area contributed by atoms with Gasteiger partial charge in [0.2, 0.25) is 0 Å². The molecule has 1 amide bonds. The first-order chi connectivity index (χ1) is 18.9. The van der Waals surface area contributed by atoms with Crippen LogP contribution in [0.2, 0.25) is 0 Å². The molecule has 1 N–H and O–H groups in total. The van der Waals surface area contributed by atoms with Gasteiger partial charge in [0.1, 0.15) is 17.5 Å². The lowest BCUT2D eigenvalue weighted by atomic mass is 10.0. The Kier molecular flexibility index (Phi) is 6.54. The van der Waals surface area contributed by atoms with Crippen molar-refractivity contribution in [2.24, 2.45) is 0 Å². The van der Waals surface area contributed by atoms with Crippen LogP contribution in [0.5, 0.6) is 11.5 Å². The Hall–Kier alpha value is -4.20. The van der Waals surface area contributed by atoms with Crippen molar-refractivity contribution in [3.63, 3.8) is 0 Å². The van der Waals surface area contributed by atoms with E-state index in [-0.39, 0.29) is 24.3 Å². The largest absolute Gasteiger partial charge is 0.493 e. The van der Waals surface area contributed by atoms with Crippen LogP contribution >= 0.6 is 0 Å². The average Bonchev–Trinajstić information content (AvgIpc) is 3.87. The summed E-state index contributed by atoms with van der Waals surface area (Å²) < 4.78 is 25.8. The van der Waals surface area contributed by atoms with Crippen LogP contribution < -0.4 is 14.8 Å². The predicted molar refractivity (Wildman–Crippen MR) is 149 cm³/mol. The summed E-state index contributed by atoms with van der Waals surface area (Å²) in [4.78, 5) is 24.6. The number of benzene rings is 3. The molecule has 2 saturated carbocycles. The SMILES string of the molecule is COc1ccc(C(=O)N(Cc2cc(-c3ccc4nc(C)nc(NC5CC5)c4c3)ccc2F)C2CC2)cc1OC. The Morgan fingerprint density at radius 3 is 2.41 bits per heavy atom. The molecule has 1 aromatic heterocycles. The summed E-state index contributed by atoms with van der Waals surface area (Å²) in [5.74, 6) is 2.11. The number of hydrogen-bond donors (Lipinski definition) is 1. The van der Waals surface area contributed by atoms with Crippen molar-refractivity contribution in [1.29, 1.82) is 0 Å². The summed E-state index contributed by atoms with van der Waals surface area (Å²) in [7, 11) is 3.09. The first-order valence-corrected chi connectivity index (χ1v) is 13.3. The molecule has 4 aromatic rings. The van der Waals surface area contributed by atoms with E-state index in [0.717, 1.165) is 59.4 Å². The molecule has 2 aliphatic carbocycles. The van der Waals surface area contributed by atoms with E-state index in [0.29, 0.717) is 28.7 Å². The van der Waals surface area contributed by atoms with Crippen molar-refractivity contribution in [2.75, 3.05) is 19.5 Å². The molecule has 0 spiro atoms. The molecule has 0 unspecified atom stereocenters. The third kappa shape index (κ3) is 5.24. The van der Waals surface area contributed by atoms with Gasteiger partial charge in [-0.05, 0) is 86.2 Å². The van der Waals surface area contributed by atoms with Crippen molar-refractivity contribution in [2.45, 2.75) is 51.2 Å². The van der Waals surface area contributed by atoms with Crippen LogP contribution in [-0.2, 0) is 6.54 Å². The quantitative estimate of drug-likeness (QED) is 0.282. The van der Waals surface area contributed by atoms with Gasteiger partial charge >= 0.3 is 0 Å². The van der Waals surface area contributed by atoms with Gasteiger partial charge in [-0.3, -0.25) is 4.79 Å². The number of nitrogens with zero attached hydrogens (tertiary/aromatic N) is 3. The summed E-state index contributed by atoms with van der Waals surface area (Å²) in [6.45, 7) is 2.08. The van der Waals surface area contributed by atoms with Crippen LogP contribution in [0.1, 0.15) is 47.4 Å². The molecule has 0 saturated heterocycles. The molecule has 7 nitrogen and oxygen atoms in total. The van der Waals surface area contributed by atoms with Crippen LogP contribution in [0.3, 0.4) is 0 Å². The summed E-state index contributed by atoms with van der Waals surface area (Å²) in [5, 5.41) is 4.46. The Balaban J connectivity index is 1.31. The number of carbonyl (C=O) groups is 1. The van der Waals surface area contributed by atoms with Gasteiger partial charge in [0.15, 0.2) is 11.5 Å². The molecule has 0 bridgehead atoms. The number of methoxy groups -OCH3 is 2. The topological polar surface area (TPSA) is 76.6 Å². The first kappa shape index (κ1) is 25.1. The molecule has 39 heavy (non-hydrogen) atoms. The third-order valence-electron chi connectivity index (χ3n) is 7.32. The van der Waals surface area contributed by atoms with Crippen LogP contribution in [-0.4, -0.2) is 47.1 Å².